The number of hydrogen-bond acceptors (Lipinski definition) is 5. The lowest BCUT2D eigenvalue weighted by molar-refractivity contribution is -0.125. The number of nitrogens with one attached hydrogen (secondary N) is 2. The smallest absolute Gasteiger partial charge is 0.220 e. The fourth-order valence-corrected chi connectivity index (χ4v) is 2.86. The molecule has 126 valence electrons. The Morgan fingerprint density at radius 2 is 2.04 bits per heavy atom. The Morgan fingerprint density at radius 1 is 1.35 bits per heavy atom. The van der Waals surface area contributed by atoms with Crippen molar-refractivity contribution < 1.29 is 19.8 Å². The molecule has 1 aromatic rings. The fourth-order valence-electron chi connectivity index (χ4n) is 2.86. The third-order valence-electron chi connectivity index (χ3n) is 4.26. The second-order valence-corrected chi connectivity index (χ2v) is 5.86. The lowest BCUT2D eigenvalue weighted by Crippen LogP contribution is -2.46. The van der Waals surface area contributed by atoms with E-state index in [0.717, 1.165) is 5.56 Å². The molecule has 0 bridgehead atoms. The largest absolute Gasteiger partial charge is 0.396 e. The summed E-state index contributed by atoms with van der Waals surface area (Å²) in [5, 5.41) is 25.5. The molecule has 0 radical (unpaired) electrons. The zero-order chi connectivity index (χ0) is 16.8. The molecule has 0 aromatic heterocycles. The molecule has 6 heteroatoms. The number of Topliss-reactive ketones (excluding diaryl/α,β-unsaturated/α-hetero) is 1. The third kappa shape index (κ3) is 4.37. The van der Waals surface area contributed by atoms with Crippen molar-refractivity contribution in [1.82, 2.24) is 10.6 Å². The highest BCUT2D eigenvalue weighted by Gasteiger charge is 2.39. The molecule has 1 aromatic carbocycles. The van der Waals surface area contributed by atoms with Gasteiger partial charge in [-0.25, -0.2) is 0 Å². The van der Waals surface area contributed by atoms with E-state index >= 15 is 0 Å². The van der Waals surface area contributed by atoms with Gasteiger partial charge in [-0.2, -0.15) is 0 Å². The molecule has 23 heavy (non-hydrogen) atoms. The third-order valence-corrected chi connectivity index (χ3v) is 4.26. The normalized spacial score (nSPS) is 25.1. The van der Waals surface area contributed by atoms with Gasteiger partial charge in [0, 0.05) is 25.3 Å². The Balaban J connectivity index is 1.96. The predicted octanol–water partition coefficient (Wildman–Crippen LogP) is -0.0508. The summed E-state index contributed by atoms with van der Waals surface area (Å²) in [6.07, 6.45) is -0.473. The Bertz CT molecular complexity index is 535. The number of carbonyl (C=O) groups excluding carboxylic acids is 2. The number of aliphatic hydroxyl groups is 2. The highest BCUT2D eigenvalue weighted by molar-refractivity contribution is 5.86. The second-order valence-electron chi connectivity index (χ2n) is 5.86. The van der Waals surface area contributed by atoms with E-state index in [1.165, 1.54) is 0 Å². The van der Waals surface area contributed by atoms with Crippen molar-refractivity contribution in [3.63, 3.8) is 0 Å². The van der Waals surface area contributed by atoms with Crippen molar-refractivity contribution in [1.29, 1.82) is 0 Å². The summed E-state index contributed by atoms with van der Waals surface area (Å²) in [6.45, 7) is 1.96. The first kappa shape index (κ1) is 17.6. The van der Waals surface area contributed by atoms with Crippen molar-refractivity contribution in [2.45, 2.75) is 43.9 Å². The van der Waals surface area contributed by atoms with Gasteiger partial charge in [0.2, 0.25) is 5.91 Å². The summed E-state index contributed by atoms with van der Waals surface area (Å²) >= 11 is 0. The van der Waals surface area contributed by atoms with Crippen LogP contribution in [0.2, 0.25) is 0 Å². The number of ketones is 1. The van der Waals surface area contributed by atoms with Gasteiger partial charge < -0.3 is 20.8 Å². The van der Waals surface area contributed by atoms with Crippen molar-refractivity contribution in [2.24, 2.45) is 0 Å². The Kier molecular flexibility index (Phi) is 6.27. The van der Waals surface area contributed by atoms with Crippen molar-refractivity contribution >= 4 is 11.7 Å². The Morgan fingerprint density at radius 3 is 2.65 bits per heavy atom. The molecule has 0 saturated carbocycles. The molecule has 4 N–H and O–H groups in total. The van der Waals surface area contributed by atoms with E-state index in [9.17, 15) is 19.8 Å². The minimum atomic E-state index is -0.951. The first-order valence-electron chi connectivity index (χ1n) is 7.96. The number of aliphatic hydroxyl groups excluding tert-OH is 2. The number of amides is 1. The zero-order valence-electron chi connectivity index (χ0n) is 13.2. The summed E-state index contributed by atoms with van der Waals surface area (Å²) in [6, 6.07) is 8.18. The highest BCUT2D eigenvalue weighted by Crippen LogP contribution is 2.22. The van der Waals surface area contributed by atoms with Crippen LogP contribution in [-0.4, -0.2) is 53.2 Å². The zero-order valence-corrected chi connectivity index (χ0v) is 13.2. The van der Waals surface area contributed by atoms with Crippen molar-refractivity contribution in [3.05, 3.63) is 35.9 Å². The van der Waals surface area contributed by atoms with Gasteiger partial charge >= 0.3 is 0 Å². The lowest BCUT2D eigenvalue weighted by Gasteiger charge is -2.21. The topological polar surface area (TPSA) is 98.7 Å². The first-order chi connectivity index (χ1) is 11.1. The SMILES string of the molecule is CCC(=O)N[C@H]1CN[C@H](C(=O)CC(CO)c2ccccc2)[C@@H]1O. The van der Waals surface area contributed by atoms with Gasteiger partial charge in [-0.05, 0) is 5.56 Å². The standard InChI is InChI=1S/C17H24N2O4/c1-2-15(22)19-13-9-18-16(17(13)23)14(21)8-12(10-20)11-6-4-3-5-7-11/h3-7,12-13,16-18,20,23H,2,8-10H2,1H3,(H,19,22)/t12?,13-,16+,17+/m0/s1. The Hall–Kier alpha value is -1.76. The van der Waals surface area contributed by atoms with Crippen LogP contribution in [0.1, 0.15) is 31.2 Å². The van der Waals surface area contributed by atoms with Crippen LogP contribution < -0.4 is 10.6 Å². The van der Waals surface area contributed by atoms with E-state index in [1.54, 1.807) is 6.92 Å². The minimum absolute atomic E-state index is 0.130. The summed E-state index contributed by atoms with van der Waals surface area (Å²) in [4.78, 5) is 23.9. The van der Waals surface area contributed by atoms with Gasteiger partial charge in [0.25, 0.3) is 0 Å². The molecule has 1 unspecified atom stereocenters. The molecule has 1 aliphatic rings. The fraction of sp³-hybridized carbons (Fsp3) is 0.529. The van der Waals surface area contributed by atoms with E-state index in [0.29, 0.717) is 13.0 Å². The number of benzene rings is 1. The van der Waals surface area contributed by atoms with Gasteiger partial charge in [-0.15, -0.1) is 0 Å². The van der Waals surface area contributed by atoms with E-state index < -0.39 is 18.2 Å². The minimum Gasteiger partial charge on any atom is -0.396 e. The monoisotopic (exact) mass is 320 g/mol. The molecular formula is C17H24N2O4. The molecule has 4 atom stereocenters. The molecule has 0 aliphatic carbocycles. The van der Waals surface area contributed by atoms with Gasteiger partial charge in [-0.1, -0.05) is 37.3 Å². The van der Waals surface area contributed by atoms with Crippen molar-refractivity contribution in [2.75, 3.05) is 13.2 Å². The molecule has 1 amide bonds. The molecule has 1 saturated heterocycles. The predicted molar refractivity (Wildman–Crippen MR) is 85.9 cm³/mol. The van der Waals surface area contributed by atoms with Gasteiger partial charge in [0.05, 0.1) is 24.8 Å². The summed E-state index contributed by atoms with van der Waals surface area (Å²) < 4.78 is 0. The maximum absolute atomic E-state index is 12.5. The van der Waals surface area contributed by atoms with E-state index in [2.05, 4.69) is 10.6 Å². The van der Waals surface area contributed by atoms with Crippen LogP contribution in [0.3, 0.4) is 0 Å². The molecule has 1 fully saturated rings. The molecule has 6 nitrogen and oxygen atoms in total. The average Bonchev–Trinajstić information content (AvgIpc) is 2.94. The molecular weight excluding hydrogens is 296 g/mol. The molecule has 0 spiro atoms. The number of carbonyl (C=O) groups is 2. The van der Waals surface area contributed by atoms with Gasteiger partial charge in [0.15, 0.2) is 5.78 Å². The maximum Gasteiger partial charge on any atom is 0.220 e. The van der Waals surface area contributed by atoms with Crippen LogP contribution in [0.15, 0.2) is 30.3 Å². The first-order valence-corrected chi connectivity index (χ1v) is 7.96. The van der Waals surface area contributed by atoms with E-state index in [4.69, 9.17) is 0 Å². The van der Waals surface area contributed by atoms with E-state index in [-0.39, 0.29) is 30.6 Å². The van der Waals surface area contributed by atoms with Crippen LogP contribution in [0.5, 0.6) is 0 Å². The molecule has 1 aliphatic heterocycles. The van der Waals surface area contributed by atoms with Gasteiger partial charge in [0.1, 0.15) is 0 Å². The molecule has 1 heterocycles. The summed E-state index contributed by atoms with van der Waals surface area (Å²) in [5.74, 6) is -0.600. The van der Waals surface area contributed by atoms with Crippen molar-refractivity contribution in [3.8, 4) is 0 Å². The van der Waals surface area contributed by atoms with Crippen LogP contribution >= 0.6 is 0 Å². The van der Waals surface area contributed by atoms with Gasteiger partial charge in [-0.3, -0.25) is 9.59 Å². The Labute approximate surface area is 135 Å². The lowest BCUT2D eigenvalue weighted by atomic mass is 9.91. The maximum atomic E-state index is 12.5. The van der Waals surface area contributed by atoms with Crippen LogP contribution in [-0.2, 0) is 9.59 Å². The average molecular weight is 320 g/mol. The molecule has 2 rings (SSSR count). The number of rotatable bonds is 7. The van der Waals surface area contributed by atoms with Crippen LogP contribution in [0, 0.1) is 0 Å². The summed E-state index contributed by atoms with van der Waals surface area (Å²) in [7, 11) is 0. The van der Waals surface area contributed by atoms with Crippen LogP contribution in [0.25, 0.3) is 0 Å². The second kappa shape index (κ2) is 8.19. The quantitative estimate of drug-likeness (QED) is 0.565. The van der Waals surface area contributed by atoms with Crippen LogP contribution in [0.4, 0.5) is 0 Å². The van der Waals surface area contributed by atoms with E-state index in [1.807, 2.05) is 30.3 Å². The highest BCUT2D eigenvalue weighted by atomic mass is 16.3. The summed E-state index contributed by atoms with van der Waals surface area (Å²) in [5.41, 5.74) is 0.895. The number of hydrogen-bond donors (Lipinski definition) is 4.